The van der Waals surface area contributed by atoms with E-state index in [-0.39, 0.29) is 12.2 Å². The lowest BCUT2D eigenvalue weighted by Gasteiger charge is -2.32. The molecule has 0 saturated carbocycles. The third-order valence-corrected chi connectivity index (χ3v) is 4.97. The summed E-state index contributed by atoms with van der Waals surface area (Å²) in [5, 5.41) is 17.1. The number of ether oxygens (including phenoxy) is 2. The molecule has 8 nitrogen and oxygen atoms in total. The maximum atomic E-state index is 11.7. The van der Waals surface area contributed by atoms with Crippen molar-refractivity contribution in [1.82, 2.24) is 9.80 Å². The molecule has 0 aromatic carbocycles. The number of piperidine rings is 2. The second-order valence-corrected chi connectivity index (χ2v) is 10.2. The number of nitriles is 2. The Bertz CT molecular complexity index is 732. The van der Waals surface area contributed by atoms with Gasteiger partial charge in [-0.15, -0.1) is 0 Å². The van der Waals surface area contributed by atoms with Crippen LogP contribution in [0.1, 0.15) is 73.6 Å². The molecule has 0 aromatic rings. The number of nitrogens with zero attached hydrogens (tertiary/aromatic N) is 4. The summed E-state index contributed by atoms with van der Waals surface area (Å²) >= 11 is 0. The van der Waals surface area contributed by atoms with Crippen molar-refractivity contribution in [1.29, 1.82) is 10.5 Å². The van der Waals surface area contributed by atoms with Gasteiger partial charge in [-0.05, 0) is 73.1 Å². The highest BCUT2D eigenvalue weighted by atomic mass is 16.6. The van der Waals surface area contributed by atoms with Crippen molar-refractivity contribution in [2.24, 2.45) is 5.92 Å². The molecule has 2 amide bonds. The second-order valence-electron chi connectivity index (χ2n) is 10.2. The second kappa shape index (κ2) is 12.3. The van der Waals surface area contributed by atoms with Crippen molar-refractivity contribution in [2.45, 2.75) is 84.8 Å². The summed E-state index contributed by atoms with van der Waals surface area (Å²) in [5.74, 6) is 0.448. The average molecular weight is 447 g/mol. The minimum Gasteiger partial charge on any atom is -0.444 e. The van der Waals surface area contributed by atoms with Gasteiger partial charge in [0.1, 0.15) is 11.2 Å². The molecule has 0 radical (unpaired) electrons. The van der Waals surface area contributed by atoms with Crippen LogP contribution in [-0.4, -0.2) is 59.4 Å². The minimum absolute atomic E-state index is 0.233. The summed E-state index contributed by atoms with van der Waals surface area (Å²) in [6.07, 6.45) is 5.04. The normalized spacial score (nSPS) is 17.3. The van der Waals surface area contributed by atoms with Crippen molar-refractivity contribution in [2.75, 3.05) is 26.2 Å². The zero-order chi connectivity index (χ0) is 24.4. The number of amides is 2. The van der Waals surface area contributed by atoms with Crippen LogP contribution >= 0.6 is 0 Å². The summed E-state index contributed by atoms with van der Waals surface area (Å²) < 4.78 is 10.6. The SMILES string of the molecule is CC(C)(C)OC(=O)N1CCC(=CC#N)CC1.CC(C)(C)OC(=O)N1CCC(CC#N)CC1. The van der Waals surface area contributed by atoms with Crippen LogP contribution in [0.15, 0.2) is 11.6 Å². The van der Waals surface area contributed by atoms with E-state index in [1.54, 1.807) is 15.9 Å². The first-order chi connectivity index (χ1) is 14.8. The molecular weight excluding hydrogens is 408 g/mol. The smallest absolute Gasteiger partial charge is 0.410 e. The number of hydrogen-bond donors (Lipinski definition) is 0. The molecule has 0 unspecified atom stereocenters. The van der Waals surface area contributed by atoms with Crippen molar-refractivity contribution in [3.63, 3.8) is 0 Å². The number of carbonyl (C=O) groups excluding carboxylic acids is 2. The van der Waals surface area contributed by atoms with Crippen LogP contribution in [0.5, 0.6) is 0 Å². The van der Waals surface area contributed by atoms with Crippen molar-refractivity contribution in [3.8, 4) is 12.1 Å². The predicted octanol–water partition coefficient (Wildman–Crippen LogP) is 5.01. The van der Waals surface area contributed by atoms with Crippen LogP contribution in [0.25, 0.3) is 0 Å². The van der Waals surface area contributed by atoms with Gasteiger partial charge < -0.3 is 19.3 Å². The quantitative estimate of drug-likeness (QED) is 0.524. The Morgan fingerprint density at radius 2 is 1.34 bits per heavy atom. The van der Waals surface area contributed by atoms with E-state index in [0.29, 0.717) is 38.5 Å². The zero-order valence-electron chi connectivity index (χ0n) is 20.4. The van der Waals surface area contributed by atoms with E-state index >= 15 is 0 Å². The molecule has 2 fully saturated rings. The molecule has 2 saturated heterocycles. The lowest BCUT2D eigenvalue weighted by atomic mass is 9.94. The third kappa shape index (κ3) is 11.0. The largest absolute Gasteiger partial charge is 0.444 e. The first kappa shape index (κ1) is 27.3. The van der Waals surface area contributed by atoms with E-state index in [2.05, 4.69) is 6.07 Å². The summed E-state index contributed by atoms with van der Waals surface area (Å²) in [5.41, 5.74) is 0.239. The van der Waals surface area contributed by atoms with Crippen LogP contribution in [0.2, 0.25) is 0 Å². The van der Waals surface area contributed by atoms with E-state index in [4.69, 9.17) is 20.0 Å². The first-order valence-electron chi connectivity index (χ1n) is 11.2. The van der Waals surface area contributed by atoms with Crippen LogP contribution in [0.3, 0.4) is 0 Å². The highest BCUT2D eigenvalue weighted by Crippen LogP contribution is 2.22. The Balaban J connectivity index is 0.000000320. The van der Waals surface area contributed by atoms with Crippen LogP contribution in [0, 0.1) is 28.6 Å². The Labute approximate surface area is 192 Å². The maximum absolute atomic E-state index is 11.7. The van der Waals surface area contributed by atoms with Crippen molar-refractivity contribution >= 4 is 12.2 Å². The first-order valence-corrected chi connectivity index (χ1v) is 11.2. The van der Waals surface area contributed by atoms with E-state index in [9.17, 15) is 9.59 Å². The van der Waals surface area contributed by atoms with Crippen LogP contribution < -0.4 is 0 Å². The van der Waals surface area contributed by atoms with Crippen LogP contribution in [-0.2, 0) is 9.47 Å². The summed E-state index contributed by atoms with van der Waals surface area (Å²) in [6.45, 7) is 13.9. The average Bonchev–Trinajstić information content (AvgIpc) is 2.67. The molecule has 0 spiro atoms. The van der Waals surface area contributed by atoms with Crippen molar-refractivity contribution in [3.05, 3.63) is 11.6 Å². The van der Waals surface area contributed by atoms with E-state index in [1.807, 2.05) is 47.6 Å². The summed E-state index contributed by atoms with van der Waals surface area (Å²) in [6, 6.07) is 4.21. The van der Waals surface area contributed by atoms with Gasteiger partial charge >= 0.3 is 12.2 Å². The van der Waals surface area contributed by atoms with E-state index in [1.165, 1.54) is 0 Å². The number of allylic oxidation sites excluding steroid dienone is 1. The Kier molecular flexibility index (Phi) is 10.5. The monoisotopic (exact) mass is 446 g/mol. The highest BCUT2D eigenvalue weighted by Gasteiger charge is 2.27. The molecule has 0 aromatic heterocycles. The van der Waals surface area contributed by atoms with Gasteiger partial charge in [0, 0.05) is 38.7 Å². The Morgan fingerprint density at radius 3 is 1.72 bits per heavy atom. The Hall–Kier alpha value is -2.74. The summed E-state index contributed by atoms with van der Waals surface area (Å²) in [4.78, 5) is 26.8. The molecule has 178 valence electrons. The topological polar surface area (TPSA) is 107 Å². The van der Waals surface area contributed by atoms with Crippen LogP contribution in [0.4, 0.5) is 9.59 Å². The maximum Gasteiger partial charge on any atom is 0.410 e. The Morgan fingerprint density at radius 1 is 0.906 bits per heavy atom. The van der Waals surface area contributed by atoms with E-state index in [0.717, 1.165) is 31.3 Å². The van der Waals surface area contributed by atoms with Gasteiger partial charge in [0.2, 0.25) is 0 Å². The minimum atomic E-state index is -0.445. The summed E-state index contributed by atoms with van der Waals surface area (Å²) in [7, 11) is 0. The fourth-order valence-corrected chi connectivity index (χ4v) is 3.31. The van der Waals surface area contributed by atoms with Gasteiger partial charge in [-0.1, -0.05) is 5.57 Å². The number of rotatable bonds is 1. The van der Waals surface area contributed by atoms with Gasteiger partial charge in [-0.25, -0.2) is 9.59 Å². The molecule has 0 aliphatic carbocycles. The van der Waals surface area contributed by atoms with Gasteiger partial charge in [0.25, 0.3) is 0 Å². The zero-order valence-corrected chi connectivity index (χ0v) is 20.4. The molecule has 0 N–H and O–H groups in total. The third-order valence-electron chi connectivity index (χ3n) is 4.97. The predicted molar refractivity (Wildman–Crippen MR) is 121 cm³/mol. The van der Waals surface area contributed by atoms with Crippen molar-refractivity contribution < 1.29 is 19.1 Å². The van der Waals surface area contributed by atoms with Gasteiger partial charge in [-0.2, -0.15) is 10.5 Å². The molecule has 2 rings (SSSR count). The standard InChI is InChI=1S/C12H20N2O2.C12H18N2O2/c2*1-12(2,3)16-11(15)14-8-5-10(4-7-13)6-9-14/h10H,4-6,8-9H2,1-3H3;4H,5-6,8-9H2,1-3H3. The molecule has 2 aliphatic heterocycles. The fourth-order valence-electron chi connectivity index (χ4n) is 3.31. The van der Waals surface area contributed by atoms with Gasteiger partial charge in [0.15, 0.2) is 0 Å². The number of hydrogen-bond acceptors (Lipinski definition) is 6. The molecule has 8 heteroatoms. The lowest BCUT2D eigenvalue weighted by Crippen LogP contribution is -2.41. The molecule has 2 aliphatic rings. The molecule has 32 heavy (non-hydrogen) atoms. The fraction of sp³-hybridized carbons (Fsp3) is 0.750. The molecular formula is C24H38N4O4. The van der Waals surface area contributed by atoms with Gasteiger partial charge in [0.05, 0.1) is 12.1 Å². The molecule has 0 atom stereocenters. The highest BCUT2D eigenvalue weighted by molar-refractivity contribution is 5.68. The van der Waals surface area contributed by atoms with Gasteiger partial charge in [-0.3, -0.25) is 0 Å². The number of carbonyl (C=O) groups is 2. The van der Waals surface area contributed by atoms with E-state index < -0.39 is 11.2 Å². The number of likely N-dealkylation sites (tertiary alicyclic amines) is 2. The molecule has 2 heterocycles. The lowest BCUT2D eigenvalue weighted by molar-refractivity contribution is 0.0183. The molecule has 0 bridgehead atoms.